The highest BCUT2D eigenvalue weighted by Gasteiger charge is 2.15. The monoisotopic (exact) mass is 340 g/mol. The van der Waals surface area contributed by atoms with Crippen molar-refractivity contribution in [3.05, 3.63) is 48.2 Å². The van der Waals surface area contributed by atoms with Crippen molar-refractivity contribution in [2.45, 2.75) is 5.16 Å². The lowest BCUT2D eigenvalue weighted by molar-refractivity contribution is -0.113. The number of nitrogens with two attached hydrogens (primary N) is 1. The lowest BCUT2D eigenvalue weighted by Crippen LogP contribution is -2.17. The standard InChI is InChI=1S/C15H12N6O2S/c16-8-10-4-1-2-5-11(10)18-13(22)9-24-15-20-19-14(21(15)17)12-6-3-7-23-12/h1-7H,9,17H2,(H,18,22). The molecular weight excluding hydrogens is 328 g/mol. The average molecular weight is 340 g/mol. The van der Waals surface area contributed by atoms with Gasteiger partial charge in [-0.15, -0.1) is 10.2 Å². The summed E-state index contributed by atoms with van der Waals surface area (Å²) in [6.07, 6.45) is 1.51. The molecule has 3 rings (SSSR count). The number of nitrogen functional groups attached to an aromatic ring is 1. The molecule has 2 heterocycles. The molecule has 0 aliphatic rings. The minimum Gasteiger partial charge on any atom is -0.461 e. The number of carbonyl (C=O) groups is 1. The molecule has 0 aliphatic heterocycles. The Labute approximate surface area is 141 Å². The van der Waals surface area contributed by atoms with Crippen LogP contribution in [0.25, 0.3) is 11.6 Å². The molecular formula is C15H12N6O2S. The van der Waals surface area contributed by atoms with Gasteiger partial charge in [0, 0.05) is 0 Å². The van der Waals surface area contributed by atoms with Crippen molar-refractivity contribution in [3.63, 3.8) is 0 Å². The summed E-state index contributed by atoms with van der Waals surface area (Å²) in [5, 5.41) is 20.0. The molecule has 3 N–H and O–H groups in total. The van der Waals surface area contributed by atoms with Crippen LogP contribution in [0.3, 0.4) is 0 Å². The van der Waals surface area contributed by atoms with E-state index in [1.54, 1.807) is 36.4 Å². The maximum absolute atomic E-state index is 12.0. The normalized spacial score (nSPS) is 10.3. The first-order valence-electron chi connectivity index (χ1n) is 6.85. The van der Waals surface area contributed by atoms with E-state index in [1.807, 2.05) is 6.07 Å². The number of hydrogen-bond donors (Lipinski definition) is 2. The van der Waals surface area contributed by atoms with Crippen molar-refractivity contribution in [1.82, 2.24) is 14.9 Å². The number of para-hydroxylation sites is 1. The van der Waals surface area contributed by atoms with Gasteiger partial charge in [0.2, 0.25) is 16.9 Å². The van der Waals surface area contributed by atoms with Crippen molar-refractivity contribution in [1.29, 1.82) is 5.26 Å². The molecule has 9 heteroatoms. The van der Waals surface area contributed by atoms with E-state index in [2.05, 4.69) is 15.5 Å². The quantitative estimate of drug-likeness (QED) is 0.536. The SMILES string of the molecule is N#Cc1ccccc1NC(=O)CSc1nnc(-c2ccco2)n1N. The second-order valence-electron chi connectivity index (χ2n) is 4.65. The zero-order valence-electron chi connectivity index (χ0n) is 12.3. The Kier molecular flexibility index (Phi) is 4.49. The van der Waals surface area contributed by atoms with E-state index < -0.39 is 0 Å². The molecule has 0 atom stereocenters. The number of thioether (sulfide) groups is 1. The Morgan fingerprint density at radius 2 is 2.17 bits per heavy atom. The predicted octanol–water partition coefficient (Wildman–Crippen LogP) is 1.85. The Bertz CT molecular complexity index is 897. The third-order valence-corrected chi connectivity index (χ3v) is 4.00. The van der Waals surface area contributed by atoms with Gasteiger partial charge in [0.1, 0.15) is 6.07 Å². The van der Waals surface area contributed by atoms with Gasteiger partial charge in [0.05, 0.1) is 23.3 Å². The largest absolute Gasteiger partial charge is 0.461 e. The van der Waals surface area contributed by atoms with Gasteiger partial charge in [-0.3, -0.25) is 4.79 Å². The number of nitrogens with zero attached hydrogens (tertiary/aromatic N) is 4. The van der Waals surface area contributed by atoms with E-state index >= 15 is 0 Å². The predicted molar refractivity (Wildman–Crippen MR) is 88.4 cm³/mol. The third-order valence-electron chi connectivity index (χ3n) is 3.06. The first kappa shape index (κ1) is 15.6. The Balaban J connectivity index is 1.64. The second-order valence-corrected chi connectivity index (χ2v) is 5.59. The van der Waals surface area contributed by atoms with E-state index in [0.29, 0.717) is 28.0 Å². The number of hydrogen-bond acceptors (Lipinski definition) is 7. The summed E-state index contributed by atoms with van der Waals surface area (Å²) >= 11 is 1.13. The topological polar surface area (TPSA) is 123 Å². The molecule has 0 radical (unpaired) electrons. The molecule has 24 heavy (non-hydrogen) atoms. The molecule has 0 aliphatic carbocycles. The lowest BCUT2D eigenvalue weighted by atomic mass is 10.2. The summed E-state index contributed by atoms with van der Waals surface area (Å²) in [7, 11) is 0. The smallest absolute Gasteiger partial charge is 0.234 e. The first-order chi connectivity index (χ1) is 11.7. The Morgan fingerprint density at radius 1 is 1.33 bits per heavy atom. The first-order valence-corrected chi connectivity index (χ1v) is 7.83. The molecule has 1 aromatic carbocycles. The molecule has 2 aromatic heterocycles. The highest BCUT2D eigenvalue weighted by molar-refractivity contribution is 7.99. The van der Waals surface area contributed by atoms with Crippen LogP contribution in [0.4, 0.5) is 5.69 Å². The third kappa shape index (κ3) is 3.23. The van der Waals surface area contributed by atoms with Crippen molar-refractivity contribution in [3.8, 4) is 17.7 Å². The number of benzene rings is 1. The molecule has 0 spiro atoms. The molecule has 3 aromatic rings. The molecule has 0 bridgehead atoms. The Hall–Kier alpha value is -3.25. The summed E-state index contributed by atoms with van der Waals surface area (Å²) in [5.41, 5.74) is 0.869. The number of rotatable bonds is 5. The van der Waals surface area contributed by atoms with Crippen LogP contribution in [0.1, 0.15) is 5.56 Å². The van der Waals surface area contributed by atoms with Gasteiger partial charge in [-0.2, -0.15) is 5.26 Å². The van der Waals surface area contributed by atoms with Crippen molar-refractivity contribution in [2.24, 2.45) is 0 Å². The van der Waals surface area contributed by atoms with Crippen LogP contribution >= 0.6 is 11.8 Å². The highest BCUT2D eigenvalue weighted by Crippen LogP contribution is 2.22. The summed E-state index contributed by atoms with van der Waals surface area (Å²) in [5.74, 6) is 6.58. The fourth-order valence-electron chi connectivity index (χ4n) is 1.96. The molecule has 0 saturated carbocycles. The lowest BCUT2D eigenvalue weighted by Gasteiger charge is -2.06. The minimum absolute atomic E-state index is 0.0766. The van der Waals surface area contributed by atoms with Gasteiger partial charge >= 0.3 is 0 Å². The van der Waals surface area contributed by atoms with Gasteiger partial charge in [0.15, 0.2) is 5.76 Å². The fourth-order valence-corrected chi connectivity index (χ4v) is 2.61. The second kappa shape index (κ2) is 6.89. The summed E-state index contributed by atoms with van der Waals surface area (Å²) in [4.78, 5) is 12.0. The van der Waals surface area contributed by atoms with Gasteiger partial charge in [-0.05, 0) is 24.3 Å². The van der Waals surface area contributed by atoms with E-state index in [0.717, 1.165) is 11.8 Å². The number of furan rings is 1. The van der Waals surface area contributed by atoms with E-state index in [1.165, 1.54) is 10.9 Å². The fraction of sp³-hybridized carbons (Fsp3) is 0.0667. The number of carbonyl (C=O) groups excluding carboxylic acids is 1. The maximum Gasteiger partial charge on any atom is 0.234 e. The number of nitriles is 1. The number of anilines is 1. The molecule has 0 fully saturated rings. The molecule has 0 unspecified atom stereocenters. The summed E-state index contributed by atoms with van der Waals surface area (Å²) < 4.78 is 6.49. The molecule has 1 amide bonds. The van der Waals surface area contributed by atoms with Crippen molar-refractivity contribution >= 4 is 23.4 Å². The van der Waals surface area contributed by atoms with E-state index in [-0.39, 0.29) is 11.7 Å². The molecule has 0 saturated heterocycles. The number of amides is 1. The van der Waals surface area contributed by atoms with Crippen LogP contribution in [-0.2, 0) is 4.79 Å². The zero-order valence-corrected chi connectivity index (χ0v) is 13.2. The average Bonchev–Trinajstić information content (AvgIpc) is 3.23. The maximum atomic E-state index is 12.0. The molecule has 8 nitrogen and oxygen atoms in total. The van der Waals surface area contributed by atoms with Gasteiger partial charge < -0.3 is 15.6 Å². The molecule has 120 valence electrons. The summed E-state index contributed by atoms with van der Waals surface area (Å²) in [6, 6.07) is 12.2. The number of aromatic nitrogens is 3. The van der Waals surface area contributed by atoms with Crippen LogP contribution in [0.5, 0.6) is 0 Å². The van der Waals surface area contributed by atoms with Gasteiger partial charge in [-0.25, -0.2) is 4.68 Å². The van der Waals surface area contributed by atoms with Crippen LogP contribution in [0.2, 0.25) is 0 Å². The van der Waals surface area contributed by atoms with Crippen molar-refractivity contribution < 1.29 is 9.21 Å². The summed E-state index contributed by atoms with van der Waals surface area (Å²) in [6.45, 7) is 0. The van der Waals surface area contributed by atoms with E-state index in [4.69, 9.17) is 15.5 Å². The van der Waals surface area contributed by atoms with Gasteiger partial charge in [0.25, 0.3) is 0 Å². The highest BCUT2D eigenvalue weighted by atomic mass is 32.2. The minimum atomic E-state index is -0.273. The van der Waals surface area contributed by atoms with Crippen LogP contribution < -0.4 is 11.2 Å². The Morgan fingerprint density at radius 3 is 2.92 bits per heavy atom. The zero-order chi connectivity index (χ0) is 16.9. The van der Waals surface area contributed by atoms with Gasteiger partial charge in [-0.1, -0.05) is 23.9 Å². The van der Waals surface area contributed by atoms with Crippen molar-refractivity contribution in [2.75, 3.05) is 16.9 Å². The van der Waals surface area contributed by atoms with Crippen LogP contribution in [0.15, 0.2) is 52.2 Å². The van der Waals surface area contributed by atoms with E-state index in [9.17, 15) is 4.79 Å². The van der Waals surface area contributed by atoms with Crippen LogP contribution in [0, 0.1) is 11.3 Å². The van der Waals surface area contributed by atoms with Crippen LogP contribution in [-0.4, -0.2) is 26.5 Å². The number of nitrogens with one attached hydrogen (secondary N) is 1.